The van der Waals surface area contributed by atoms with Crippen LogP contribution >= 0.6 is 32.9 Å². The van der Waals surface area contributed by atoms with Gasteiger partial charge < -0.3 is 29.2 Å². The molecule has 49 heavy (non-hydrogen) atoms. The Bertz CT molecular complexity index is 1760. The Balaban J connectivity index is 0.960. The molecule has 0 amide bonds. The number of carbonyl (C=O) groups excluding carboxylic acids is 4. The number of hydrogen-bond acceptors (Lipinski definition) is 13. The number of esters is 2. The Hall–Kier alpha value is -2.81. The molecule has 2 N–H and O–H groups in total. The first kappa shape index (κ1) is 34.6. The molecule has 1 aromatic carbocycles. The van der Waals surface area contributed by atoms with E-state index in [1.165, 1.54) is 0 Å². The van der Waals surface area contributed by atoms with E-state index in [4.69, 9.17) is 31.2 Å². The molecule has 13 heteroatoms. The van der Waals surface area contributed by atoms with Crippen LogP contribution in [-0.2, 0) is 33.4 Å². The molecule has 2 aromatic rings. The smallest absolute Gasteiger partial charge is 0.306 e. The zero-order chi connectivity index (χ0) is 34.9. The molecule has 2 aliphatic heterocycles. The molecule has 8 rings (SSSR count). The zero-order valence-electron chi connectivity index (χ0n) is 27.4. The normalized spacial score (nSPS) is 35.4. The second kappa shape index (κ2) is 12.4. The Labute approximate surface area is 296 Å². The predicted octanol–water partition coefficient (Wildman–Crippen LogP) is 5.45. The van der Waals surface area contributed by atoms with Crippen molar-refractivity contribution < 1.29 is 48.3 Å². The third kappa shape index (κ3) is 5.13. The van der Waals surface area contributed by atoms with Gasteiger partial charge in [0.25, 0.3) is 0 Å². The van der Waals surface area contributed by atoms with Crippen molar-refractivity contribution in [3.63, 3.8) is 0 Å². The lowest BCUT2D eigenvalue weighted by molar-refractivity contribution is -0.437. The number of benzene rings is 1. The van der Waals surface area contributed by atoms with E-state index < -0.39 is 69.7 Å². The lowest BCUT2D eigenvalue weighted by Crippen LogP contribution is -2.85. The summed E-state index contributed by atoms with van der Waals surface area (Å²) in [5.41, 5.74) is -2.33. The van der Waals surface area contributed by atoms with Crippen molar-refractivity contribution >= 4 is 56.4 Å². The third-order valence-electron chi connectivity index (χ3n) is 11.8. The van der Waals surface area contributed by atoms with Gasteiger partial charge in [-0.15, -0.1) is 0 Å². The third-order valence-corrected chi connectivity index (χ3v) is 14.7. The number of aliphatic hydroxyl groups is 2. The van der Waals surface area contributed by atoms with Crippen LogP contribution in [0.4, 0.5) is 0 Å². The summed E-state index contributed by atoms with van der Waals surface area (Å²) in [6, 6.07) is 9.65. The van der Waals surface area contributed by atoms with E-state index in [0.717, 1.165) is 14.3 Å². The van der Waals surface area contributed by atoms with Gasteiger partial charge in [0.15, 0.2) is 5.78 Å². The summed E-state index contributed by atoms with van der Waals surface area (Å²) in [6.07, 6.45) is -1.21. The first-order valence-corrected chi connectivity index (χ1v) is 19.3. The molecule has 4 saturated carbocycles. The van der Waals surface area contributed by atoms with Crippen molar-refractivity contribution in [1.82, 2.24) is 0 Å². The molecular formula is C36H40O10S3. The number of aliphatic hydroxyl groups excluding tert-OH is 1. The second-order valence-electron chi connectivity index (χ2n) is 14.7. The van der Waals surface area contributed by atoms with E-state index in [-0.39, 0.29) is 43.8 Å². The topological polar surface area (TPSA) is 146 Å². The highest BCUT2D eigenvalue weighted by molar-refractivity contribution is 7.80. The fourth-order valence-electron chi connectivity index (χ4n) is 9.76. The summed E-state index contributed by atoms with van der Waals surface area (Å²) < 4.78 is 23.9. The fraction of sp³-hybridized carbons (Fsp3) is 0.583. The summed E-state index contributed by atoms with van der Waals surface area (Å²) in [6.45, 7) is 8.27. The minimum absolute atomic E-state index is 0.0944. The van der Waals surface area contributed by atoms with Crippen LogP contribution in [0.1, 0.15) is 58.8 Å². The maximum absolute atomic E-state index is 14.2. The average Bonchev–Trinajstić information content (AvgIpc) is 3.55. The maximum Gasteiger partial charge on any atom is 0.306 e. The summed E-state index contributed by atoms with van der Waals surface area (Å²) in [7, 11) is 3.19. The highest BCUT2D eigenvalue weighted by Crippen LogP contribution is 2.76. The summed E-state index contributed by atoms with van der Waals surface area (Å²) >= 11 is 5.20. The van der Waals surface area contributed by atoms with Gasteiger partial charge in [-0.1, -0.05) is 53.3 Å². The molecule has 8 atom stereocenters. The van der Waals surface area contributed by atoms with E-state index >= 15 is 0 Å². The van der Waals surface area contributed by atoms with Crippen LogP contribution in [0.25, 0.3) is 10.4 Å². The highest BCUT2D eigenvalue weighted by atomic mass is 32.9. The molecule has 4 bridgehead atoms. The minimum atomic E-state index is -2.37. The van der Waals surface area contributed by atoms with Crippen LogP contribution in [0.5, 0.6) is 5.75 Å². The lowest BCUT2D eigenvalue weighted by atomic mass is 9.36. The van der Waals surface area contributed by atoms with E-state index in [2.05, 4.69) is 6.58 Å². The van der Waals surface area contributed by atoms with Crippen LogP contribution in [0.3, 0.4) is 0 Å². The van der Waals surface area contributed by atoms with Crippen molar-refractivity contribution in [3.05, 3.63) is 46.3 Å². The van der Waals surface area contributed by atoms with Crippen LogP contribution in [0, 0.1) is 37.8 Å². The van der Waals surface area contributed by atoms with Crippen LogP contribution in [-0.4, -0.2) is 71.5 Å². The van der Waals surface area contributed by atoms with Crippen molar-refractivity contribution in [2.45, 2.75) is 76.8 Å². The number of rotatable bonds is 10. The molecule has 0 radical (unpaired) electrons. The first-order valence-electron chi connectivity index (χ1n) is 16.8. The number of Topliss-reactive ketones (excluding diaryl/α,β-unsaturated/α-hetero) is 2. The molecule has 0 unspecified atom stereocenters. The second-order valence-corrected chi connectivity index (χ2v) is 17.6. The number of carbonyl (C=O) groups is 4. The standard InChI is InChI=1S/C36H40O10S3/c1-19-22-9-10-24-34-18-45-36(42,31(41)29(34)33(2,3)14-13-25(34)37)35(24,30(19)40)32(22)46-27(39)12-11-26(38)44-16-4-15-43-21-7-5-20(6-8-21)23-17-28(47)49-48-23/h5-8,17,22,24,29,31-32,41-42H,1,4,9-16,18H2,2-3H3/t22-,24-,29+,31-,32+,34+,35-,36-/m0/s1. The lowest BCUT2D eigenvalue weighted by Gasteiger charge is -2.72. The summed E-state index contributed by atoms with van der Waals surface area (Å²) in [5.74, 6) is -5.59. The quantitative estimate of drug-likeness (QED) is 0.106. The predicted molar refractivity (Wildman–Crippen MR) is 182 cm³/mol. The Morgan fingerprint density at radius 2 is 1.82 bits per heavy atom. The Kier molecular flexibility index (Phi) is 8.80. The fourth-order valence-corrected chi connectivity index (χ4v) is 12.2. The van der Waals surface area contributed by atoms with Gasteiger partial charge in [0, 0.05) is 29.6 Å². The van der Waals surface area contributed by atoms with E-state index in [1.807, 2.05) is 44.2 Å². The van der Waals surface area contributed by atoms with Gasteiger partial charge in [-0.25, -0.2) is 0 Å². The molecule has 262 valence electrons. The summed E-state index contributed by atoms with van der Waals surface area (Å²) in [4.78, 5) is 54.9. The van der Waals surface area contributed by atoms with E-state index in [0.29, 0.717) is 38.0 Å². The van der Waals surface area contributed by atoms with Gasteiger partial charge in [0.05, 0.1) is 38.1 Å². The number of fused-ring (bicyclic) bond motifs is 2. The highest BCUT2D eigenvalue weighted by Gasteiger charge is 2.88. The van der Waals surface area contributed by atoms with Crippen molar-refractivity contribution in [2.24, 2.45) is 34.0 Å². The Morgan fingerprint density at radius 1 is 1.08 bits per heavy atom. The Morgan fingerprint density at radius 3 is 2.53 bits per heavy atom. The van der Waals surface area contributed by atoms with Crippen LogP contribution in [0.2, 0.25) is 0 Å². The molecule has 3 heterocycles. The molecule has 2 spiro atoms. The van der Waals surface area contributed by atoms with Gasteiger partial charge >= 0.3 is 11.9 Å². The molecule has 10 nitrogen and oxygen atoms in total. The molecule has 6 fully saturated rings. The maximum atomic E-state index is 14.2. The minimum Gasteiger partial charge on any atom is -0.493 e. The van der Waals surface area contributed by atoms with Gasteiger partial charge in [-0.3, -0.25) is 19.2 Å². The van der Waals surface area contributed by atoms with Crippen LogP contribution in [0.15, 0.2) is 42.5 Å². The molecule has 6 aliphatic rings. The van der Waals surface area contributed by atoms with Gasteiger partial charge in [0.2, 0.25) is 5.79 Å². The largest absolute Gasteiger partial charge is 0.493 e. The first-order chi connectivity index (χ1) is 23.3. The molecule has 1 aromatic heterocycles. The van der Waals surface area contributed by atoms with Gasteiger partial charge in [-0.05, 0) is 72.1 Å². The molecule has 2 saturated heterocycles. The van der Waals surface area contributed by atoms with Crippen LogP contribution < -0.4 is 4.74 Å². The van der Waals surface area contributed by atoms with E-state index in [1.54, 1.807) is 20.7 Å². The molecular weight excluding hydrogens is 689 g/mol. The van der Waals surface area contributed by atoms with Gasteiger partial charge in [-0.2, -0.15) is 0 Å². The summed E-state index contributed by atoms with van der Waals surface area (Å²) in [5, 5.41) is 24.1. The zero-order valence-corrected chi connectivity index (χ0v) is 29.9. The number of ether oxygens (including phenoxy) is 4. The van der Waals surface area contributed by atoms with Crippen molar-refractivity contribution in [1.29, 1.82) is 0 Å². The SMILES string of the molecule is C=C1C(=O)[C@]23[C@H](OC(=O)CCC(=O)OCCCOc4ccc(-c5cc(=S)ss5)cc4)[C@H]1CC[C@H]2[C@@]12CO[C@@]3(O)[C@@H](O)[C@@H]1C(C)(C)CCC2=O. The molecule has 4 aliphatic carbocycles. The van der Waals surface area contributed by atoms with Gasteiger partial charge in [0.1, 0.15) is 33.0 Å². The number of hydrogen-bond donors (Lipinski definition) is 2. The van der Waals surface area contributed by atoms with E-state index in [9.17, 15) is 29.4 Å². The van der Waals surface area contributed by atoms with Crippen molar-refractivity contribution in [2.75, 3.05) is 19.8 Å². The average molecular weight is 729 g/mol. The number of ketones is 2. The van der Waals surface area contributed by atoms with Crippen molar-refractivity contribution in [3.8, 4) is 16.2 Å². The monoisotopic (exact) mass is 728 g/mol.